The molecule has 0 spiro atoms. The van der Waals surface area contributed by atoms with Crippen molar-refractivity contribution in [3.8, 4) is 5.75 Å². The van der Waals surface area contributed by atoms with E-state index in [9.17, 15) is 9.59 Å². The number of carboxylic acid groups (broad SMARTS) is 1. The summed E-state index contributed by atoms with van der Waals surface area (Å²) in [6.45, 7) is 7.98. The maximum Gasteiger partial charge on any atom is 0.309 e. The largest absolute Gasteiger partial charge is 0.493 e. The summed E-state index contributed by atoms with van der Waals surface area (Å²) in [6.07, 6.45) is 0.645. The zero-order chi connectivity index (χ0) is 16.8. The van der Waals surface area contributed by atoms with Crippen LogP contribution in [0.5, 0.6) is 5.75 Å². The number of carbonyl (C=O) groups is 2. The molecule has 0 saturated heterocycles. The second-order valence-electron chi connectivity index (χ2n) is 6.13. The van der Waals surface area contributed by atoms with Gasteiger partial charge in [0.15, 0.2) is 0 Å². The molecule has 0 heterocycles. The molecular weight excluding hydrogens is 282 g/mol. The van der Waals surface area contributed by atoms with Crippen LogP contribution in [0.15, 0.2) is 18.2 Å². The summed E-state index contributed by atoms with van der Waals surface area (Å²) in [5, 5.41) is 11.7. The number of benzene rings is 1. The first-order valence-electron chi connectivity index (χ1n) is 7.42. The highest BCUT2D eigenvalue weighted by Gasteiger charge is 2.26. The van der Waals surface area contributed by atoms with Gasteiger partial charge in [0.1, 0.15) is 5.75 Å². The second-order valence-corrected chi connectivity index (χ2v) is 6.13. The van der Waals surface area contributed by atoms with Crippen LogP contribution in [0.4, 0.5) is 0 Å². The van der Waals surface area contributed by atoms with Gasteiger partial charge in [-0.3, -0.25) is 9.59 Å². The summed E-state index contributed by atoms with van der Waals surface area (Å²) < 4.78 is 5.54. The van der Waals surface area contributed by atoms with E-state index in [1.807, 2.05) is 32.0 Å². The Balaban J connectivity index is 2.26. The quantitative estimate of drug-likeness (QED) is 0.774. The Labute approximate surface area is 131 Å². The van der Waals surface area contributed by atoms with Crippen molar-refractivity contribution in [1.82, 2.24) is 5.32 Å². The maximum atomic E-state index is 11.7. The molecule has 1 aromatic carbocycles. The molecule has 0 atom stereocenters. The molecule has 22 heavy (non-hydrogen) atoms. The average Bonchev–Trinajstić information content (AvgIpc) is 2.42. The molecule has 0 aliphatic heterocycles. The molecule has 0 bridgehead atoms. The first-order valence-corrected chi connectivity index (χ1v) is 7.42. The lowest BCUT2D eigenvalue weighted by atomic mass is 9.90. The van der Waals surface area contributed by atoms with Gasteiger partial charge >= 0.3 is 5.97 Å². The van der Waals surface area contributed by atoms with Crippen LogP contribution >= 0.6 is 0 Å². The Morgan fingerprint density at radius 3 is 2.50 bits per heavy atom. The van der Waals surface area contributed by atoms with E-state index in [2.05, 4.69) is 5.32 Å². The predicted molar refractivity (Wildman–Crippen MR) is 85.1 cm³/mol. The zero-order valence-corrected chi connectivity index (χ0v) is 13.7. The van der Waals surface area contributed by atoms with Crippen LogP contribution in [0.3, 0.4) is 0 Å². The summed E-state index contributed by atoms with van der Waals surface area (Å²) >= 11 is 0. The normalized spacial score (nSPS) is 11.1. The molecule has 0 aliphatic carbocycles. The first-order chi connectivity index (χ1) is 10.2. The number of nitrogens with one attached hydrogen (secondary N) is 1. The fourth-order valence-corrected chi connectivity index (χ4v) is 1.78. The highest BCUT2D eigenvalue weighted by molar-refractivity contribution is 5.76. The number of carboxylic acids is 1. The third-order valence-corrected chi connectivity index (χ3v) is 3.73. The Bertz CT molecular complexity index is 537. The zero-order valence-electron chi connectivity index (χ0n) is 13.7. The Hall–Kier alpha value is -2.04. The molecule has 0 unspecified atom stereocenters. The van der Waals surface area contributed by atoms with E-state index in [1.165, 1.54) is 5.56 Å². The van der Waals surface area contributed by atoms with E-state index in [0.717, 1.165) is 11.3 Å². The molecule has 122 valence electrons. The minimum atomic E-state index is -0.861. The Morgan fingerprint density at radius 1 is 1.23 bits per heavy atom. The number of aryl methyl sites for hydroxylation is 2. The van der Waals surface area contributed by atoms with Crippen LogP contribution in [-0.2, 0) is 9.59 Å². The van der Waals surface area contributed by atoms with Gasteiger partial charge in [-0.05, 0) is 57.4 Å². The van der Waals surface area contributed by atoms with Crippen molar-refractivity contribution in [2.45, 2.75) is 40.5 Å². The fraction of sp³-hybridized carbons (Fsp3) is 0.529. The summed E-state index contributed by atoms with van der Waals surface area (Å²) in [4.78, 5) is 22.6. The molecule has 0 saturated carbocycles. The molecule has 5 nitrogen and oxygen atoms in total. The molecule has 0 aromatic heterocycles. The maximum absolute atomic E-state index is 11.7. The minimum absolute atomic E-state index is 0.134. The minimum Gasteiger partial charge on any atom is -0.493 e. The van der Waals surface area contributed by atoms with Gasteiger partial charge in [0.2, 0.25) is 5.91 Å². The summed E-state index contributed by atoms with van der Waals surface area (Å²) in [7, 11) is 0. The van der Waals surface area contributed by atoms with Gasteiger partial charge in [-0.2, -0.15) is 0 Å². The molecule has 5 heteroatoms. The van der Waals surface area contributed by atoms with Crippen LogP contribution in [0.25, 0.3) is 0 Å². The van der Waals surface area contributed by atoms with Crippen molar-refractivity contribution in [3.05, 3.63) is 29.3 Å². The van der Waals surface area contributed by atoms with Crippen LogP contribution in [0.2, 0.25) is 0 Å². The molecule has 2 N–H and O–H groups in total. The van der Waals surface area contributed by atoms with E-state index in [0.29, 0.717) is 19.6 Å². The van der Waals surface area contributed by atoms with Crippen molar-refractivity contribution in [1.29, 1.82) is 0 Å². The Morgan fingerprint density at radius 2 is 1.91 bits per heavy atom. The summed E-state index contributed by atoms with van der Waals surface area (Å²) in [5.41, 5.74) is 1.52. The highest BCUT2D eigenvalue weighted by atomic mass is 16.5. The topological polar surface area (TPSA) is 75.6 Å². The number of carbonyl (C=O) groups excluding carboxylic acids is 1. The van der Waals surface area contributed by atoms with Gasteiger partial charge in [0.25, 0.3) is 0 Å². The lowest BCUT2D eigenvalue weighted by Gasteiger charge is -2.18. The van der Waals surface area contributed by atoms with Crippen molar-refractivity contribution >= 4 is 11.9 Å². The molecular formula is C17H25NO4. The molecule has 0 fully saturated rings. The molecule has 1 rings (SSSR count). The van der Waals surface area contributed by atoms with Crippen molar-refractivity contribution in [2.24, 2.45) is 5.41 Å². The molecule has 1 amide bonds. The van der Waals surface area contributed by atoms with Crippen molar-refractivity contribution < 1.29 is 19.4 Å². The van der Waals surface area contributed by atoms with Crippen LogP contribution in [0, 0.1) is 19.3 Å². The number of ether oxygens (including phenoxy) is 1. The van der Waals surface area contributed by atoms with Crippen molar-refractivity contribution in [2.75, 3.05) is 13.2 Å². The number of rotatable bonds is 8. The van der Waals surface area contributed by atoms with E-state index < -0.39 is 11.4 Å². The predicted octanol–water partition coefficient (Wildman–Crippen LogP) is 2.69. The van der Waals surface area contributed by atoms with Gasteiger partial charge in [-0.15, -0.1) is 0 Å². The SMILES string of the molecule is Cc1ccc(OCCC(=O)NCCC(C)(C)C(=O)O)cc1C. The third-order valence-electron chi connectivity index (χ3n) is 3.73. The van der Waals surface area contributed by atoms with Crippen molar-refractivity contribution in [3.63, 3.8) is 0 Å². The van der Waals surface area contributed by atoms with E-state index >= 15 is 0 Å². The number of amides is 1. The standard InChI is InChI=1S/C17H25NO4/c1-12-5-6-14(11-13(12)2)22-10-7-15(19)18-9-8-17(3,4)16(20)21/h5-6,11H,7-10H2,1-4H3,(H,18,19)(H,20,21). The van der Waals surface area contributed by atoms with Crippen LogP contribution in [-0.4, -0.2) is 30.1 Å². The average molecular weight is 307 g/mol. The van der Waals surface area contributed by atoms with Gasteiger partial charge < -0.3 is 15.2 Å². The highest BCUT2D eigenvalue weighted by Crippen LogP contribution is 2.19. The third kappa shape index (κ3) is 5.76. The van der Waals surface area contributed by atoms with Crippen LogP contribution < -0.4 is 10.1 Å². The van der Waals surface area contributed by atoms with Crippen LogP contribution in [0.1, 0.15) is 37.8 Å². The molecule has 0 aliphatic rings. The lowest BCUT2D eigenvalue weighted by molar-refractivity contribution is -0.147. The first kappa shape index (κ1) is 18.0. The van der Waals surface area contributed by atoms with E-state index in [1.54, 1.807) is 13.8 Å². The van der Waals surface area contributed by atoms with Gasteiger partial charge in [0.05, 0.1) is 18.4 Å². The fourth-order valence-electron chi connectivity index (χ4n) is 1.78. The monoisotopic (exact) mass is 307 g/mol. The smallest absolute Gasteiger partial charge is 0.309 e. The summed E-state index contributed by atoms with van der Waals surface area (Å²) in [5.74, 6) is -0.243. The van der Waals surface area contributed by atoms with Gasteiger partial charge in [-0.1, -0.05) is 6.07 Å². The lowest BCUT2D eigenvalue weighted by Crippen LogP contribution is -2.32. The number of hydrogen-bond donors (Lipinski definition) is 2. The Kier molecular flexibility index (Phi) is 6.40. The molecule has 0 radical (unpaired) electrons. The van der Waals surface area contributed by atoms with E-state index in [-0.39, 0.29) is 12.3 Å². The number of hydrogen-bond acceptors (Lipinski definition) is 3. The summed E-state index contributed by atoms with van der Waals surface area (Å²) in [6, 6.07) is 5.82. The van der Waals surface area contributed by atoms with Gasteiger partial charge in [0, 0.05) is 6.54 Å². The number of aliphatic carboxylic acids is 1. The van der Waals surface area contributed by atoms with E-state index in [4.69, 9.17) is 9.84 Å². The van der Waals surface area contributed by atoms with Gasteiger partial charge in [-0.25, -0.2) is 0 Å². The molecule has 1 aromatic rings. The second kappa shape index (κ2) is 7.82.